The number of piperazine rings is 1. The van der Waals surface area contributed by atoms with Gasteiger partial charge in [0.05, 0.1) is 26.2 Å². The number of hydrogen-bond donors (Lipinski definition) is 2. The molecule has 0 bridgehead atoms. The number of benzene rings is 2. The normalized spacial score (nSPS) is 17.8. The fourth-order valence-electron chi connectivity index (χ4n) is 3.82. The molecule has 28 heavy (non-hydrogen) atoms. The molecule has 4 rings (SSSR count). The summed E-state index contributed by atoms with van der Waals surface area (Å²) in [7, 11) is 0. The van der Waals surface area contributed by atoms with Gasteiger partial charge in [-0.25, -0.2) is 0 Å². The number of carbonyl (C=O) groups is 1. The number of carbonyl (C=O) groups excluding carboxylic acids is 1. The maximum atomic E-state index is 12.9. The van der Waals surface area contributed by atoms with Crippen LogP contribution in [0, 0.1) is 0 Å². The topological polar surface area (TPSA) is 55.2 Å². The van der Waals surface area contributed by atoms with Crippen LogP contribution in [0.25, 0.3) is 0 Å². The first-order chi connectivity index (χ1) is 13.7. The van der Waals surface area contributed by atoms with Crippen molar-refractivity contribution < 1.29 is 19.2 Å². The van der Waals surface area contributed by atoms with Gasteiger partial charge >= 0.3 is 0 Å². The Kier molecular flexibility index (Phi) is 5.67. The molecule has 2 aromatic carbocycles. The minimum Gasteiger partial charge on any atom is -0.486 e. The Morgan fingerprint density at radius 3 is 2.54 bits per heavy atom. The van der Waals surface area contributed by atoms with E-state index < -0.39 is 0 Å². The molecule has 1 saturated heterocycles. The maximum Gasteiger partial charge on any atom is 0.245 e. The van der Waals surface area contributed by atoms with Crippen LogP contribution in [0.15, 0.2) is 48.5 Å². The lowest BCUT2D eigenvalue weighted by Gasteiger charge is -2.34. The van der Waals surface area contributed by atoms with Gasteiger partial charge in [-0.1, -0.05) is 30.3 Å². The first-order valence-corrected chi connectivity index (χ1v) is 10.0. The van der Waals surface area contributed by atoms with Crippen molar-refractivity contribution in [3.8, 4) is 11.5 Å². The standard InChI is InChI=1S/C22H27N3O3/c1-17(23-19-7-8-20-21(15-19)28-14-13-27-20)22(26)25-11-9-24(10-12-25)16-18-5-3-2-4-6-18/h2-8,15,17,23H,9-14,16H2,1H3/p+1/t17-/m1/s1. The minimum atomic E-state index is -0.279. The Labute approximate surface area is 166 Å². The Bertz CT molecular complexity index is 804. The van der Waals surface area contributed by atoms with Crippen LogP contribution in [0.3, 0.4) is 0 Å². The predicted octanol–water partition coefficient (Wildman–Crippen LogP) is 1.19. The summed E-state index contributed by atoms with van der Waals surface area (Å²) in [5.74, 6) is 1.64. The first-order valence-electron chi connectivity index (χ1n) is 10.0. The molecule has 1 amide bonds. The van der Waals surface area contributed by atoms with Crippen LogP contribution in [0.5, 0.6) is 11.5 Å². The molecular formula is C22H28N3O3+. The van der Waals surface area contributed by atoms with Gasteiger partial charge in [-0.15, -0.1) is 0 Å². The van der Waals surface area contributed by atoms with E-state index in [-0.39, 0.29) is 11.9 Å². The second-order valence-corrected chi connectivity index (χ2v) is 7.46. The fraction of sp³-hybridized carbons (Fsp3) is 0.409. The van der Waals surface area contributed by atoms with Crippen LogP contribution < -0.4 is 19.7 Å². The number of rotatable bonds is 5. The largest absolute Gasteiger partial charge is 0.486 e. The molecule has 6 nitrogen and oxygen atoms in total. The van der Waals surface area contributed by atoms with Crippen LogP contribution in [-0.4, -0.2) is 56.2 Å². The lowest BCUT2D eigenvalue weighted by molar-refractivity contribution is -0.917. The van der Waals surface area contributed by atoms with E-state index in [1.165, 1.54) is 10.5 Å². The van der Waals surface area contributed by atoms with Crippen LogP contribution in [0.2, 0.25) is 0 Å². The molecule has 0 aliphatic carbocycles. The number of amides is 1. The highest BCUT2D eigenvalue weighted by Gasteiger charge is 2.27. The molecule has 2 N–H and O–H groups in total. The minimum absolute atomic E-state index is 0.147. The highest BCUT2D eigenvalue weighted by molar-refractivity contribution is 5.84. The van der Waals surface area contributed by atoms with Gasteiger partial charge in [0.25, 0.3) is 0 Å². The van der Waals surface area contributed by atoms with Crippen molar-refractivity contribution in [2.75, 3.05) is 44.7 Å². The van der Waals surface area contributed by atoms with Gasteiger partial charge in [0.1, 0.15) is 25.8 Å². The summed E-state index contributed by atoms with van der Waals surface area (Å²) in [6, 6.07) is 16.0. The number of quaternary nitrogens is 1. The van der Waals surface area contributed by atoms with E-state index >= 15 is 0 Å². The molecule has 0 radical (unpaired) electrons. The lowest BCUT2D eigenvalue weighted by Crippen LogP contribution is -3.13. The second kappa shape index (κ2) is 8.52. The maximum absolute atomic E-state index is 12.9. The molecule has 148 valence electrons. The second-order valence-electron chi connectivity index (χ2n) is 7.46. The zero-order chi connectivity index (χ0) is 19.3. The van der Waals surface area contributed by atoms with Crippen molar-refractivity contribution in [2.24, 2.45) is 0 Å². The number of fused-ring (bicyclic) bond motifs is 1. The van der Waals surface area contributed by atoms with Crippen LogP contribution >= 0.6 is 0 Å². The lowest BCUT2D eigenvalue weighted by atomic mass is 10.2. The molecule has 0 aromatic heterocycles. The Hall–Kier alpha value is -2.73. The van der Waals surface area contributed by atoms with E-state index in [0.29, 0.717) is 13.2 Å². The third-order valence-electron chi connectivity index (χ3n) is 5.37. The molecule has 0 saturated carbocycles. The average molecular weight is 382 g/mol. The van der Waals surface area contributed by atoms with Gasteiger partial charge < -0.3 is 24.6 Å². The summed E-state index contributed by atoms with van der Waals surface area (Å²) < 4.78 is 11.2. The zero-order valence-corrected chi connectivity index (χ0v) is 16.3. The number of anilines is 1. The number of nitrogens with one attached hydrogen (secondary N) is 2. The van der Waals surface area contributed by atoms with Gasteiger partial charge in [-0.2, -0.15) is 0 Å². The molecule has 0 unspecified atom stereocenters. The average Bonchev–Trinajstić information content (AvgIpc) is 2.74. The van der Waals surface area contributed by atoms with Crippen LogP contribution in [0.4, 0.5) is 5.69 Å². The first kappa shape index (κ1) is 18.6. The summed E-state index contributed by atoms with van der Waals surface area (Å²) in [5.41, 5.74) is 2.23. The van der Waals surface area contributed by atoms with E-state index in [2.05, 4.69) is 29.6 Å². The van der Waals surface area contributed by atoms with Gasteiger partial charge in [-0.05, 0) is 19.1 Å². The summed E-state index contributed by atoms with van der Waals surface area (Å²) in [6.45, 7) is 7.64. The van der Waals surface area contributed by atoms with Crippen molar-refractivity contribution in [3.05, 3.63) is 54.1 Å². The zero-order valence-electron chi connectivity index (χ0n) is 16.3. The molecule has 1 fully saturated rings. The third-order valence-corrected chi connectivity index (χ3v) is 5.37. The summed E-state index contributed by atoms with van der Waals surface area (Å²) in [5, 5.41) is 3.31. The summed E-state index contributed by atoms with van der Waals surface area (Å²) in [4.78, 5) is 16.4. The van der Waals surface area contributed by atoms with Gasteiger partial charge in [0, 0.05) is 17.3 Å². The van der Waals surface area contributed by atoms with E-state index in [4.69, 9.17) is 9.47 Å². The smallest absolute Gasteiger partial charge is 0.245 e. The Balaban J connectivity index is 1.29. The molecule has 6 heteroatoms. The van der Waals surface area contributed by atoms with Crippen LogP contribution in [-0.2, 0) is 11.3 Å². The molecule has 0 spiro atoms. The quantitative estimate of drug-likeness (QED) is 0.816. The SMILES string of the molecule is C[C@@H](Nc1ccc2c(c1)OCCO2)C(=O)N1CC[NH+](Cc2ccccc2)CC1. The van der Waals surface area contributed by atoms with Crippen molar-refractivity contribution in [1.29, 1.82) is 0 Å². The van der Waals surface area contributed by atoms with Crippen molar-refractivity contribution >= 4 is 11.6 Å². The van der Waals surface area contributed by atoms with Gasteiger partial charge in [0.2, 0.25) is 5.91 Å². The van der Waals surface area contributed by atoms with E-state index in [1.54, 1.807) is 0 Å². The third kappa shape index (κ3) is 4.39. The number of ether oxygens (including phenoxy) is 2. The van der Waals surface area contributed by atoms with Gasteiger partial charge in [0.15, 0.2) is 11.5 Å². The van der Waals surface area contributed by atoms with E-state index in [0.717, 1.165) is 49.9 Å². The van der Waals surface area contributed by atoms with E-state index in [9.17, 15) is 4.79 Å². The van der Waals surface area contributed by atoms with Crippen molar-refractivity contribution in [2.45, 2.75) is 19.5 Å². The number of nitrogens with zero attached hydrogens (tertiary/aromatic N) is 1. The molecule has 1 atom stereocenters. The van der Waals surface area contributed by atoms with Gasteiger partial charge in [-0.3, -0.25) is 4.79 Å². The summed E-state index contributed by atoms with van der Waals surface area (Å²) >= 11 is 0. The number of hydrogen-bond acceptors (Lipinski definition) is 4. The summed E-state index contributed by atoms with van der Waals surface area (Å²) in [6.07, 6.45) is 0. The van der Waals surface area contributed by atoms with E-state index in [1.807, 2.05) is 36.1 Å². The van der Waals surface area contributed by atoms with Crippen LogP contribution in [0.1, 0.15) is 12.5 Å². The molecular weight excluding hydrogens is 354 g/mol. The van der Waals surface area contributed by atoms with Crippen molar-refractivity contribution in [1.82, 2.24) is 4.90 Å². The van der Waals surface area contributed by atoms with Crippen molar-refractivity contribution in [3.63, 3.8) is 0 Å². The Morgan fingerprint density at radius 2 is 1.79 bits per heavy atom. The highest BCUT2D eigenvalue weighted by atomic mass is 16.6. The molecule has 2 heterocycles. The monoisotopic (exact) mass is 382 g/mol. The molecule has 2 aliphatic heterocycles. The fourth-order valence-corrected chi connectivity index (χ4v) is 3.82. The highest BCUT2D eigenvalue weighted by Crippen LogP contribution is 2.32. The Morgan fingerprint density at radius 1 is 1.07 bits per heavy atom. The molecule has 2 aliphatic rings. The molecule has 2 aromatic rings. The predicted molar refractivity (Wildman–Crippen MR) is 108 cm³/mol.